The molecule has 1 N–H and O–H groups in total. The fraction of sp³-hybridized carbons (Fsp3) is 0.200. The second kappa shape index (κ2) is 10.5. The normalized spacial score (nSPS) is 12.9. The highest BCUT2D eigenvalue weighted by molar-refractivity contribution is 7.92. The Morgan fingerprint density at radius 3 is 2.18 bits per heavy atom. The highest BCUT2D eigenvalue weighted by Crippen LogP contribution is 2.30. The van der Waals surface area contributed by atoms with Crippen LogP contribution in [0.1, 0.15) is 17.5 Å². The summed E-state index contributed by atoms with van der Waals surface area (Å²) in [6.07, 6.45) is -5.13. The molecule has 1 atom stereocenters. The van der Waals surface area contributed by atoms with Gasteiger partial charge in [-0.15, -0.1) is 5.10 Å². The van der Waals surface area contributed by atoms with Crippen LogP contribution in [0.5, 0.6) is 0 Å². The molecule has 8 nitrogen and oxygen atoms in total. The van der Waals surface area contributed by atoms with Gasteiger partial charge in [-0.1, -0.05) is 53.2 Å². The molecule has 0 aliphatic heterocycles. The van der Waals surface area contributed by atoms with Gasteiger partial charge in [0.25, 0.3) is 5.56 Å². The topological polar surface area (TPSA) is 119 Å². The van der Waals surface area contributed by atoms with Crippen molar-refractivity contribution in [3.05, 3.63) is 93.2 Å². The van der Waals surface area contributed by atoms with Crippen molar-refractivity contribution < 1.29 is 31.5 Å². The summed E-state index contributed by atoms with van der Waals surface area (Å²) < 4.78 is 65.4. The van der Waals surface area contributed by atoms with Gasteiger partial charge in [-0.3, -0.25) is 9.59 Å². The number of aromatic nitrogens is 3. The van der Waals surface area contributed by atoms with Gasteiger partial charge >= 0.3 is 12.1 Å². The first-order chi connectivity index (χ1) is 17.8. The molecule has 0 bridgehead atoms. The maximum absolute atomic E-state index is 13.0. The minimum Gasteiger partial charge on any atom is -0.480 e. The van der Waals surface area contributed by atoms with Gasteiger partial charge in [0.2, 0.25) is 0 Å². The maximum atomic E-state index is 13.0. The molecule has 4 rings (SSSR count). The predicted molar refractivity (Wildman–Crippen MR) is 134 cm³/mol. The lowest BCUT2D eigenvalue weighted by Gasteiger charge is -2.14. The molecule has 3 aromatic carbocycles. The first-order valence-electron chi connectivity index (χ1n) is 11.1. The summed E-state index contributed by atoms with van der Waals surface area (Å²) in [7, 11) is -4.21. The van der Waals surface area contributed by atoms with Crippen LogP contribution in [0.3, 0.4) is 0 Å². The van der Waals surface area contributed by atoms with Crippen LogP contribution in [0.2, 0.25) is 5.02 Å². The minimum absolute atomic E-state index is 0.163. The van der Waals surface area contributed by atoms with Crippen LogP contribution < -0.4 is 5.56 Å². The Kier molecular flexibility index (Phi) is 7.56. The van der Waals surface area contributed by atoms with Crippen LogP contribution in [-0.2, 0) is 33.1 Å². The van der Waals surface area contributed by atoms with E-state index in [4.69, 9.17) is 11.6 Å². The molecule has 198 valence electrons. The number of sulfone groups is 1. The number of aliphatic carboxylic acids is 1. The summed E-state index contributed by atoms with van der Waals surface area (Å²) >= 11 is 5.89. The standard InChI is InChI=1S/C25H19ClF3N3O5S/c26-19-8-5-17(6-9-19)16-3-1-15(2-4-16)14-38(36,37)22(24(34)35)11-12-32-23(33)20-10-7-18(25(27,28)29)13-21(20)30-31-32/h1-10,13,22H,11-12,14H2,(H,34,35). The number of fused-ring (bicyclic) bond motifs is 1. The van der Waals surface area contributed by atoms with Crippen molar-refractivity contribution in [2.24, 2.45) is 0 Å². The van der Waals surface area contributed by atoms with Crippen molar-refractivity contribution in [3.63, 3.8) is 0 Å². The van der Waals surface area contributed by atoms with Crippen molar-refractivity contribution in [3.8, 4) is 11.1 Å². The monoisotopic (exact) mass is 565 g/mol. The Labute approximate surface area is 219 Å². The van der Waals surface area contributed by atoms with E-state index < -0.39 is 57.1 Å². The molecule has 0 spiro atoms. The molecule has 0 amide bonds. The zero-order chi connectivity index (χ0) is 27.7. The van der Waals surface area contributed by atoms with Crippen LogP contribution >= 0.6 is 11.6 Å². The van der Waals surface area contributed by atoms with Gasteiger partial charge in [-0.05, 0) is 53.4 Å². The van der Waals surface area contributed by atoms with Crippen molar-refractivity contribution >= 4 is 38.3 Å². The van der Waals surface area contributed by atoms with E-state index in [0.29, 0.717) is 16.7 Å². The van der Waals surface area contributed by atoms with Gasteiger partial charge in [0.15, 0.2) is 15.1 Å². The second-order valence-electron chi connectivity index (χ2n) is 8.47. The zero-order valence-electron chi connectivity index (χ0n) is 19.4. The Bertz CT molecular complexity index is 1660. The molecule has 1 unspecified atom stereocenters. The van der Waals surface area contributed by atoms with Crippen molar-refractivity contribution in [2.75, 3.05) is 0 Å². The van der Waals surface area contributed by atoms with Gasteiger partial charge in [-0.2, -0.15) is 13.2 Å². The van der Waals surface area contributed by atoms with Gasteiger partial charge in [-0.25, -0.2) is 13.1 Å². The highest BCUT2D eigenvalue weighted by Gasteiger charge is 2.33. The lowest BCUT2D eigenvalue weighted by atomic mass is 10.0. The summed E-state index contributed by atoms with van der Waals surface area (Å²) in [4.78, 5) is 24.5. The number of carboxylic acids is 1. The van der Waals surface area contributed by atoms with E-state index in [1.54, 1.807) is 48.5 Å². The largest absolute Gasteiger partial charge is 0.480 e. The van der Waals surface area contributed by atoms with Crippen LogP contribution in [0.4, 0.5) is 13.2 Å². The number of carbonyl (C=O) groups is 1. The van der Waals surface area contributed by atoms with Crippen molar-refractivity contribution in [1.82, 2.24) is 15.0 Å². The summed E-state index contributed by atoms with van der Waals surface area (Å²) in [5, 5.41) is 15.3. The van der Waals surface area contributed by atoms with Crippen molar-refractivity contribution in [1.29, 1.82) is 0 Å². The Morgan fingerprint density at radius 2 is 1.61 bits per heavy atom. The van der Waals surface area contributed by atoms with Crippen LogP contribution in [0.15, 0.2) is 71.5 Å². The summed E-state index contributed by atoms with van der Waals surface area (Å²) in [6.45, 7) is -0.422. The minimum atomic E-state index is -4.63. The van der Waals surface area contributed by atoms with E-state index in [1.165, 1.54) is 0 Å². The third kappa shape index (κ3) is 6.03. The Balaban J connectivity index is 1.50. The number of hydrogen-bond acceptors (Lipinski definition) is 6. The van der Waals surface area contributed by atoms with Gasteiger partial charge < -0.3 is 5.11 Å². The average molecular weight is 566 g/mol. The number of aryl methyl sites for hydroxylation is 1. The highest BCUT2D eigenvalue weighted by atomic mass is 35.5. The second-order valence-corrected chi connectivity index (χ2v) is 11.1. The van der Waals surface area contributed by atoms with Gasteiger partial charge in [0.05, 0.1) is 16.7 Å². The Hall–Kier alpha value is -3.77. The summed E-state index contributed by atoms with van der Waals surface area (Å²) in [5.74, 6) is -2.15. The molecule has 0 saturated carbocycles. The first-order valence-corrected chi connectivity index (χ1v) is 13.2. The van der Waals surface area contributed by atoms with E-state index >= 15 is 0 Å². The van der Waals surface area contributed by atoms with E-state index in [1.807, 2.05) is 0 Å². The summed E-state index contributed by atoms with van der Waals surface area (Å²) in [6, 6.07) is 16.0. The molecule has 0 saturated heterocycles. The number of carboxylic acid groups (broad SMARTS) is 1. The van der Waals surface area contributed by atoms with E-state index in [0.717, 1.165) is 27.9 Å². The van der Waals surface area contributed by atoms with Crippen LogP contribution in [0, 0.1) is 0 Å². The third-order valence-corrected chi connectivity index (χ3v) is 8.15. The molecule has 13 heteroatoms. The average Bonchev–Trinajstić information content (AvgIpc) is 2.85. The molecular formula is C25H19ClF3N3O5S. The molecule has 0 aliphatic rings. The zero-order valence-corrected chi connectivity index (χ0v) is 21.0. The third-order valence-electron chi connectivity index (χ3n) is 5.86. The van der Waals surface area contributed by atoms with Gasteiger partial charge in [0.1, 0.15) is 5.52 Å². The molecule has 0 radical (unpaired) electrons. The number of benzene rings is 3. The lowest BCUT2D eigenvalue weighted by molar-refractivity contribution is -0.138. The summed E-state index contributed by atoms with van der Waals surface area (Å²) in [5.41, 5.74) is -0.0571. The quantitative estimate of drug-likeness (QED) is 0.332. The molecule has 4 aromatic rings. The first kappa shape index (κ1) is 27.3. The van der Waals surface area contributed by atoms with Crippen LogP contribution in [-0.4, -0.2) is 39.7 Å². The molecule has 1 heterocycles. The lowest BCUT2D eigenvalue weighted by Crippen LogP contribution is -2.34. The Morgan fingerprint density at radius 1 is 1.00 bits per heavy atom. The van der Waals surface area contributed by atoms with E-state index in [2.05, 4.69) is 10.3 Å². The number of rotatable bonds is 8. The van der Waals surface area contributed by atoms with Crippen molar-refractivity contribution in [2.45, 2.75) is 30.1 Å². The smallest absolute Gasteiger partial charge is 0.416 e. The number of nitrogens with zero attached hydrogens (tertiary/aromatic N) is 3. The molecule has 0 fully saturated rings. The molecule has 1 aromatic heterocycles. The van der Waals surface area contributed by atoms with Crippen LogP contribution in [0.25, 0.3) is 22.0 Å². The molecular weight excluding hydrogens is 547 g/mol. The fourth-order valence-electron chi connectivity index (χ4n) is 3.86. The SMILES string of the molecule is O=C(O)C(CCn1nnc2cc(C(F)(F)F)ccc2c1=O)S(=O)(=O)Cc1ccc(-c2ccc(Cl)cc2)cc1. The number of alkyl halides is 3. The number of halogens is 4. The fourth-order valence-corrected chi connectivity index (χ4v) is 5.62. The predicted octanol–water partition coefficient (Wildman–Crippen LogP) is 4.59. The van der Waals surface area contributed by atoms with E-state index in [-0.39, 0.29) is 10.9 Å². The molecule has 0 aliphatic carbocycles. The number of hydrogen-bond donors (Lipinski definition) is 1. The van der Waals surface area contributed by atoms with Gasteiger partial charge in [0, 0.05) is 11.6 Å². The maximum Gasteiger partial charge on any atom is 0.416 e. The molecule has 38 heavy (non-hydrogen) atoms. The van der Waals surface area contributed by atoms with E-state index in [9.17, 15) is 36.3 Å².